The summed E-state index contributed by atoms with van der Waals surface area (Å²) >= 11 is 0. The first-order valence-electron chi connectivity index (χ1n) is 9.48. The predicted octanol–water partition coefficient (Wildman–Crippen LogP) is 6.82. The third-order valence-electron chi connectivity index (χ3n) is 5.08. The van der Waals surface area contributed by atoms with Gasteiger partial charge in [-0.15, -0.1) is 0 Å². The van der Waals surface area contributed by atoms with Crippen LogP contribution in [0.25, 0.3) is 34.9 Å². The molecule has 0 fully saturated rings. The highest BCUT2D eigenvalue weighted by Crippen LogP contribution is 2.44. The highest BCUT2D eigenvalue weighted by molar-refractivity contribution is 6.06. The summed E-state index contributed by atoms with van der Waals surface area (Å²) < 4.78 is 0. The van der Waals surface area contributed by atoms with E-state index in [2.05, 4.69) is 85.0 Å². The minimum absolute atomic E-state index is 0.971. The van der Waals surface area contributed by atoms with Gasteiger partial charge < -0.3 is 0 Å². The van der Waals surface area contributed by atoms with Gasteiger partial charge in [-0.25, -0.2) is 0 Å². The van der Waals surface area contributed by atoms with Crippen molar-refractivity contribution in [2.24, 2.45) is 0 Å². The van der Waals surface area contributed by atoms with Gasteiger partial charge >= 0.3 is 0 Å². The molecule has 3 aromatic carbocycles. The number of aromatic nitrogens is 1. The molecule has 0 N–H and O–H groups in total. The van der Waals surface area contributed by atoms with Crippen molar-refractivity contribution in [2.75, 3.05) is 0 Å². The normalized spacial score (nSPS) is 13.6. The first-order chi connectivity index (χ1) is 13.9. The quantitative estimate of drug-likeness (QED) is 0.345. The molecule has 0 atom stereocenters. The molecule has 1 aliphatic rings. The Morgan fingerprint density at radius 2 is 1.18 bits per heavy atom. The topological polar surface area (TPSA) is 12.9 Å². The fourth-order valence-corrected chi connectivity index (χ4v) is 3.72. The van der Waals surface area contributed by atoms with Crippen LogP contribution in [-0.4, -0.2) is 4.98 Å². The molecule has 0 amide bonds. The third kappa shape index (κ3) is 3.08. The maximum atomic E-state index is 4.71. The van der Waals surface area contributed by atoms with Crippen LogP contribution in [0.5, 0.6) is 0 Å². The van der Waals surface area contributed by atoms with Gasteiger partial charge in [-0.1, -0.05) is 91.0 Å². The largest absolute Gasteiger partial charge is 0.256 e. The van der Waals surface area contributed by atoms with E-state index in [-0.39, 0.29) is 0 Å². The molecule has 0 radical (unpaired) electrons. The van der Waals surface area contributed by atoms with Crippen LogP contribution >= 0.6 is 0 Å². The lowest BCUT2D eigenvalue weighted by Gasteiger charge is -2.03. The fourth-order valence-electron chi connectivity index (χ4n) is 3.72. The smallest absolute Gasteiger partial charge is 0.0636 e. The Kier molecular flexibility index (Phi) is 4.19. The average molecular weight is 357 g/mol. The van der Waals surface area contributed by atoms with Gasteiger partial charge in [0.1, 0.15) is 0 Å². The van der Waals surface area contributed by atoms with Crippen LogP contribution in [0.1, 0.15) is 27.9 Å². The minimum Gasteiger partial charge on any atom is -0.256 e. The van der Waals surface area contributed by atoms with Gasteiger partial charge in [0.25, 0.3) is 0 Å². The molecule has 0 unspecified atom stereocenters. The lowest BCUT2D eigenvalue weighted by Crippen LogP contribution is -1.87. The van der Waals surface area contributed by atoms with E-state index >= 15 is 0 Å². The van der Waals surface area contributed by atoms with Crippen molar-refractivity contribution in [3.05, 3.63) is 125 Å². The summed E-state index contributed by atoms with van der Waals surface area (Å²) in [5, 5.41) is 0. The number of fused-ring (bicyclic) bond motifs is 3. The summed E-state index contributed by atoms with van der Waals surface area (Å²) in [5.74, 6) is 0. The van der Waals surface area contributed by atoms with Gasteiger partial charge in [-0.3, -0.25) is 4.98 Å². The summed E-state index contributed by atoms with van der Waals surface area (Å²) in [5.41, 5.74) is 9.58. The van der Waals surface area contributed by atoms with Crippen LogP contribution < -0.4 is 0 Å². The number of rotatable bonds is 3. The summed E-state index contributed by atoms with van der Waals surface area (Å²) in [7, 11) is 0. The van der Waals surface area contributed by atoms with E-state index < -0.39 is 0 Å². The van der Waals surface area contributed by atoms with E-state index in [1.165, 1.54) is 39.0 Å². The molecular formula is C27H19N. The Labute approximate surface area is 165 Å². The number of hydrogen-bond acceptors (Lipinski definition) is 1. The third-order valence-corrected chi connectivity index (χ3v) is 5.08. The lowest BCUT2D eigenvalue weighted by atomic mass is 10.0. The predicted molar refractivity (Wildman–Crippen MR) is 118 cm³/mol. The van der Waals surface area contributed by atoms with Crippen molar-refractivity contribution in [1.82, 2.24) is 4.98 Å². The standard InChI is InChI=1S/C27H19N/c1-3-9-20(10-4-1)15-16-22-18-26-24-14-8-7-13-23(24)25(27(26)19-28-22)17-21-11-5-2-6-12-21/h1-19H. The Bertz CT molecular complexity index is 1190. The molecule has 1 aromatic heterocycles. The molecule has 1 nitrogen and oxygen atoms in total. The van der Waals surface area contributed by atoms with Crippen molar-refractivity contribution >= 4 is 23.8 Å². The zero-order chi connectivity index (χ0) is 18.8. The molecule has 132 valence electrons. The number of hydrogen-bond donors (Lipinski definition) is 0. The van der Waals surface area contributed by atoms with Crippen LogP contribution in [0.3, 0.4) is 0 Å². The molecule has 0 saturated heterocycles. The summed E-state index contributed by atoms with van der Waals surface area (Å²) in [6.45, 7) is 0. The van der Waals surface area contributed by atoms with Gasteiger partial charge in [0.05, 0.1) is 5.69 Å². The van der Waals surface area contributed by atoms with Crippen molar-refractivity contribution < 1.29 is 0 Å². The second-order valence-corrected chi connectivity index (χ2v) is 6.91. The molecule has 1 aliphatic carbocycles. The van der Waals surface area contributed by atoms with Crippen LogP contribution in [0.4, 0.5) is 0 Å². The molecule has 0 bridgehead atoms. The van der Waals surface area contributed by atoms with Gasteiger partial charge in [0.2, 0.25) is 0 Å². The van der Waals surface area contributed by atoms with E-state index in [4.69, 9.17) is 4.98 Å². The number of nitrogens with zero attached hydrogens (tertiary/aromatic N) is 1. The lowest BCUT2D eigenvalue weighted by molar-refractivity contribution is 1.29. The van der Waals surface area contributed by atoms with Gasteiger partial charge in [0.15, 0.2) is 0 Å². The highest BCUT2D eigenvalue weighted by atomic mass is 14.7. The van der Waals surface area contributed by atoms with Gasteiger partial charge in [-0.2, -0.15) is 0 Å². The van der Waals surface area contributed by atoms with E-state index in [0.717, 1.165) is 5.69 Å². The second kappa shape index (κ2) is 7.13. The van der Waals surface area contributed by atoms with E-state index in [0.29, 0.717) is 0 Å². The Hall–Kier alpha value is -3.71. The van der Waals surface area contributed by atoms with E-state index in [1.807, 2.05) is 30.5 Å². The summed E-state index contributed by atoms with van der Waals surface area (Å²) in [4.78, 5) is 4.71. The number of benzene rings is 3. The summed E-state index contributed by atoms with van der Waals surface area (Å²) in [6, 6.07) is 31.6. The Balaban J connectivity index is 1.59. The van der Waals surface area contributed by atoms with Crippen LogP contribution in [0.2, 0.25) is 0 Å². The molecule has 0 saturated carbocycles. The van der Waals surface area contributed by atoms with Gasteiger partial charge in [-0.05, 0) is 51.6 Å². The van der Waals surface area contributed by atoms with Gasteiger partial charge in [0, 0.05) is 11.8 Å². The van der Waals surface area contributed by atoms with E-state index in [9.17, 15) is 0 Å². The van der Waals surface area contributed by atoms with Crippen LogP contribution in [-0.2, 0) is 0 Å². The molecule has 4 aromatic rings. The first kappa shape index (κ1) is 16.5. The van der Waals surface area contributed by atoms with Crippen molar-refractivity contribution in [1.29, 1.82) is 0 Å². The van der Waals surface area contributed by atoms with E-state index in [1.54, 1.807) is 0 Å². The SMILES string of the molecule is C(=Cc1cc2c(cn1)C(=Cc1ccccc1)c1ccccc1-2)c1ccccc1. The Morgan fingerprint density at radius 1 is 0.536 bits per heavy atom. The molecule has 1 heteroatoms. The first-order valence-corrected chi connectivity index (χ1v) is 9.48. The molecule has 5 rings (SSSR count). The molecule has 0 aliphatic heterocycles. The summed E-state index contributed by atoms with van der Waals surface area (Å²) in [6.07, 6.45) is 8.45. The number of pyridine rings is 1. The fraction of sp³-hybridized carbons (Fsp3) is 0. The van der Waals surface area contributed by atoms with Crippen molar-refractivity contribution in [3.8, 4) is 11.1 Å². The molecule has 1 heterocycles. The van der Waals surface area contributed by atoms with Crippen LogP contribution in [0, 0.1) is 0 Å². The second-order valence-electron chi connectivity index (χ2n) is 6.91. The van der Waals surface area contributed by atoms with Crippen LogP contribution in [0.15, 0.2) is 97.2 Å². The minimum atomic E-state index is 0.971. The highest BCUT2D eigenvalue weighted by Gasteiger charge is 2.23. The van der Waals surface area contributed by atoms with Crippen molar-refractivity contribution in [2.45, 2.75) is 0 Å². The average Bonchev–Trinajstić information content (AvgIpc) is 3.07. The molecule has 28 heavy (non-hydrogen) atoms. The zero-order valence-electron chi connectivity index (χ0n) is 15.4. The zero-order valence-corrected chi connectivity index (χ0v) is 15.4. The Morgan fingerprint density at radius 3 is 1.93 bits per heavy atom. The maximum Gasteiger partial charge on any atom is 0.0636 e. The maximum absolute atomic E-state index is 4.71. The monoisotopic (exact) mass is 357 g/mol. The molecular weight excluding hydrogens is 338 g/mol. The van der Waals surface area contributed by atoms with Crippen molar-refractivity contribution in [3.63, 3.8) is 0 Å². The molecule has 0 spiro atoms.